The van der Waals surface area contributed by atoms with Gasteiger partial charge in [-0.2, -0.15) is 5.26 Å². The molecule has 0 spiro atoms. The fourth-order valence-corrected chi connectivity index (χ4v) is 2.08. The van der Waals surface area contributed by atoms with Gasteiger partial charge in [-0.05, 0) is 33.9 Å². The van der Waals surface area contributed by atoms with Crippen LogP contribution in [0.1, 0.15) is 26.7 Å². The summed E-state index contributed by atoms with van der Waals surface area (Å²) < 4.78 is 0. The number of piperazine rings is 1. The summed E-state index contributed by atoms with van der Waals surface area (Å²) in [7, 11) is 2.20. The lowest BCUT2D eigenvalue weighted by Gasteiger charge is -2.42. The number of likely N-dealkylation sites (N-methyl/N-ethyl adjacent to an activating group) is 1. The van der Waals surface area contributed by atoms with Gasteiger partial charge in [-0.15, -0.1) is 0 Å². The van der Waals surface area contributed by atoms with E-state index in [4.69, 9.17) is 5.26 Å². The van der Waals surface area contributed by atoms with Crippen molar-refractivity contribution in [2.24, 2.45) is 0 Å². The van der Waals surface area contributed by atoms with Gasteiger partial charge in [-0.3, -0.25) is 4.90 Å². The Balaban J connectivity index is 2.31. The highest BCUT2D eigenvalue weighted by atomic mass is 15.3. The average Bonchev–Trinajstić information content (AvgIpc) is 2.14. The topological polar surface area (TPSA) is 30.3 Å². The summed E-state index contributed by atoms with van der Waals surface area (Å²) in [5.41, 5.74) is 0. The van der Waals surface area contributed by atoms with Gasteiger partial charge in [-0.25, -0.2) is 0 Å². The number of rotatable bonds is 3. The van der Waals surface area contributed by atoms with Crippen LogP contribution in [0, 0.1) is 11.3 Å². The van der Waals surface area contributed by atoms with Crippen LogP contribution in [-0.2, 0) is 0 Å². The minimum absolute atomic E-state index is 0.640. The predicted molar refractivity (Wildman–Crippen MR) is 58.0 cm³/mol. The Kier molecular flexibility index (Phi) is 4.37. The number of nitriles is 1. The SMILES string of the molecule is C[C@@H]1CN(CCCC#N)C[C@H](C)N1C. The summed E-state index contributed by atoms with van der Waals surface area (Å²) in [4.78, 5) is 4.91. The highest BCUT2D eigenvalue weighted by Gasteiger charge is 2.25. The van der Waals surface area contributed by atoms with Crippen LogP contribution in [-0.4, -0.2) is 48.6 Å². The average molecular weight is 195 g/mol. The molecule has 0 amide bonds. The molecule has 3 nitrogen and oxygen atoms in total. The summed E-state index contributed by atoms with van der Waals surface area (Å²) in [5, 5.41) is 8.47. The van der Waals surface area contributed by atoms with Gasteiger partial charge in [0.25, 0.3) is 0 Å². The van der Waals surface area contributed by atoms with Crippen molar-refractivity contribution < 1.29 is 0 Å². The molecule has 0 aliphatic carbocycles. The quantitative estimate of drug-likeness (QED) is 0.636. The van der Waals surface area contributed by atoms with Crippen LogP contribution in [0.4, 0.5) is 0 Å². The molecule has 1 aliphatic rings. The first-order valence-electron chi connectivity index (χ1n) is 5.46. The summed E-state index contributed by atoms with van der Waals surface area (Å²) in [6, 6.07) is 3.48. The normalized spacial score (nSPS) is 30.1. The second kappa shape index (κ2) is 5.33. The van der Waals surface area contributed by atoms with Gasteiger partial charge in [0.15, 0.2) is 0 Å². The molecule has 1 heterocycles. The van der Waals surface area contributed by atoms with Crippen molar-refractivity contribution in [1.29, 1.82) is 5.26 Å². The standard InChI is InChI=1S/C11H21N3/c1-10-8-14(7-5-4-6-12)9-11(2)13(10)3/h10-11H,4-5,7-9H2,1-3H3/t10-,11+. The minimum atomic E-state index is 0.640. The molecule has 1 rings (SSSR count). The van der Waals surface area contributed by atoms with E-state index in [-0.39, 0.29) is 0 Å². The van der Waals surface area contributed by atoms with E-state index in [9.17, 15) is 0 Å². The first-order chi connectivity index (χ1) is 6.65. The van der Waals surface area contributed by atoms with Crippen molar-refractivity contribution in [3.05, 3.63) is 0 Å². The summed E-state index contributed by atoms with van der Waals surface area (Å²) in [6.07, 6.45) is 1.70. The first-order valence-corrected chi connectivity index (χ1v) is 5.46. The van der Waals surface area contributed by atoms with Gasteiger partial charge in [0.1, 0.15) is 0 Å². The maximum Gasteiger partial charge on any atom is 0.0622 e. The molecule has 0 N–H and O–H groups in total. The van der Waals surface area contributed by atoms with Gasteiger partial charge < -0.3 is 4.90 Å². The van der Waals surface area contributed by atoms with E-state index in [1.807, 2.05) is 0 Å². The Labute approximate surface area is 87.3 Å². The zero-order valence-electron chi connectivity index (χ0n) is 9.53. The molecule has 1 fully saturated rings. The van der Waals surface area contributed by atoms with Crippen molar-refractivity contribution in [2.75, 3.05) is 26.7 Å². The molecule has 0 radical (unpaired) electrons. The van der Waals surface area contributed by atoms with Crippen molar-refractivity contribution in [1.82, 2.24) is 9.80 Å². The van der Waals surface area contributed by atoms with Gasteiger partial charge >= 0.3 is 0 Å². The van der Waals surface area contributed by atoms with Crippen LogP contribution in [0.5, 0.6) is 0 Å². The molecule has 1 aliphatic heterocycles. The lowest BCUT2D eigenvalue weighted by molar-refractivity contribution is 0.0597. The van der Waals surface area contributed by atoms with Gasteiger partial charge in [0.2, 0.25) is 0 Å². The van der Waals surface area contributed by atoms with Crippen LogP contribution in [0.25, 0.3) is 0 Å². The monoisotopic (exact) mass is 195 g/mol. The fraction of sp³-hybridized carbons (Fsp3) is 0.909. The molecule has 0 aromatic carbocycles. The molecule has 0 saturated carbocycles. The lowest BCUT2D eigenvalue weighted by Crippen LogP contribution is -2.54. The molecule has 2 atom stereocenters. The van der Waals surface area contributed by atoms with E-state index in [0.29, 0.717) is 18.5 Å². The highest BCUT2D eigenvalue weighted by Crippen LogP contribution is 2.13. The van der Waals surface area contributed by atoms with E-state index in [2.05, 4.69) is 36.8 Å². The third kappa shape index (κ3) is 2.97. The number of hydrogen-bond donors (Lipinski definition) is 0. The Morgan fingerprint density at radius 1 is 1.29 bits per heavy atom. The molecule has 1 saturated heterocycles. The Hall–Kier alpha value is -0.590. The van der Waals surface area contributed by atoms with E-state index < -0.39 is 0 Å². The maximum absolute atomic E-state index is 8.47. The second-order valence-corrected chi connectivity index (χ2v) is 4.38. The van der Waals surface area contributed by atoms with Crippen LogP contribution in [0.3, 0.4) is 0 Å². The summed E-state index contributed by atoms with van der Waals surface area (Å²) in [6.45, 7) is 7.91. The number of unbranched alkanes of at least 4 members (excludes halogenated alkanes) is 1. The van der Waals surface area contributed by atoms with Gasteiger partial charge in [0.05, 0.1) is 6.07 Å². The molecule has 14 heavy (non-hydrogen) atoms. The van der Waals surface area contributed by atoms with Gasteiger partial charge in [-0.1, -0.05) is 0 Å². The Bertz CT molecular complexity index is 197. The molecule has 0 bridgehead atoms. The van der Waals surface area contributed by atoms with E-state index in [1.54, 1.807) is 0 Å². The minimum Gasteiger partial charge on any atom is -0.300 e. The third-order valence-electron chi connectivity index (χ3n) is 3.20. The zero-order chi connectivity index (χ0) is 10.6. The van der Waals surface area contributed by atoms with Crippen LogP contribution in [0.15, 0.2) is 0 Å². The van der Waals surface area contributed by atoms with Crippen LogP contribution < -0.4 is 0 Å². The molecule has 0 unspecified atom stereocenters. The fourth-order valence-electron chi connectivity index (χ4n) is 2.08. The molecular weight excluding hydrogens is 174 g/mol. The number of nitrogens with zero attached hydrogens (tertiary/aromatic N) is 3. The van der Waals surface area contributed by atoms with Crippen LogP contribution in [0.2, 0.25) is 0 Å². The second-order valence-electron chi connectivity index (χ2n) is 4.38. The Morgan fingerprint density at radius 3 is 2.36 bits per heavy atom. The Morgan fingerprint density at radius 2 is 1.86 bits per heavy atom. The molecule has 0 aromatic rings. The van der Waals surface area contributed by atoms with Gasteiger partial charge in [0, 0.05) is 31.6 Å². The highest BCUT2D eigenvalue weighted by molar-refractivity contribution is 4.83. The number of hydrogen-bond acceptors (Lipinski definition) is 3. The molecule has 3 heteroatoms. The van der Waals surface area contributed by atoms with E-state index in [1.165, 1.54) is 0 Å². The first kappa shape index (κ1) is 11.5. The molecule has 80 valence electrons. The van der Waals surface area contributed by atoms with E-state index >= 15 is 0 Å². The maximum atomic E-state index is 8.47. The molecule has 0 aromatic heterocycles. The third-order valence-corrected chi connectivity index (χ3v) is 3.20. The zero-order valence-corrected chi connectivity index (χ0v) is 9.53. The molecular formula is C11H21N3. The van der Waals surface area contributed by atoms with Crippen molar-refractivity contribution in [2.45, 2.75) is 38.8 Å². The van der Waals surface area contributed by atoms with Crippen molar-refractivity contribution in [3.8, 4) is 6.07 Å². The van der Waals surface area contributed by atoms with Crippen molar-refractivity contribution in [3.63, 3.8) is 0 Å². The predicted octanol–water partition coefficient (Wildman–Crippen LogP) is 1.31. The van der Waals surface area contributed by atoms with E-state index in [0.717, 1.165) is 26.1 Å². The van der Waals surface area contributed by atoms with Crippen molar-refractivity contribution >= 4 is 0 Å². The largest absolute Gasteiger partial charge is 0.300 e. The summed E-state index contributed by atoms with van der Waals surface area (Å²) >= 11 is 0. The lowest BCUT2D eigenvalue weighted by atomic mass is 10.1. The van der Waals surface area contributed by atoms with Crippen LogP contribution >= 0.6 is 0 Å². The smallest absolute Gasteiger partial charge is 0.0622 e. The summed E-state index contributed by atoms with van der Waals surface area (Å²) in [5.74, 6) is 0.